The number of hydrogen-bond donors (Lipinski definition) is 2. The number of amides is 1. The highest BCUT2D eigenvalue weighted by atomic mass is 16.5. The van der Waals surface area contributed by atoms with E-state index in [1.807, 2.05) is 0 Å². The van der Waals surface area contributed by atoms with Crippen LogP contribution in [0.2, 0.25) is 0 Å². The number of rotatable bonds is 28. The molecule has 0 fully saturated rings. The van der Waals surface area contributed by atoms with Crippen LogP contribution in [0.4, 0.5) is 0 Å². The molecule has 0 saturated carbocycles. The Kier molecular flexibility index (Phi) is 25.9. The molecule has 0 heterocycles. The monoisotopic (exact) mass is 539 g/mol. The van der Waals surface area contributed by atoms with Crippen molar-refractivity contribution in [3.8, 4) is 0 Å². The lowest BCUT2D eigenvalue weighted by Gasteiger charge is -2.14. The standard InChI is InChI=1S/C32H61NO5/c1-4-5-6-7-8-9-10-11-15-18-21-24-30(34)33-29(32(36)37)25-26-31(35)38-27-22-19-16-13-12-14-17-20-23-28(2)3/h28-29H,4-27H2,1-3H3,(H,33,34)(H,36,37)/t29-/m0/s1. The fourth-order valence-corrected chi connectivity index (χ4v) is 4.71. The summed E-state index contributed by atoms with van der Waals surface area (Å²) in [6.45, 7) is 7.17. The molecule has 0 unspecified atom stereocenters. The average Bonchev–Trinajstić information content (AvgIpc) is 2.87. The molecule has 0 spiro atoms. The normalized spacial score (nSPS) is 12.0. The van der Waals surface area contributed by atoms with Gasteiger partial charge >= 0.3 is 11.9 Å². The lowest BCUT2D eigenvalue weighted by molar-refractivity contribution is -0.145. The molecule has 0 aliphatic carbocycles. The summed E-state index contributed by atoms with van der Waals surface area (Å²) in [6, 6.07) is -1.04. The molecule has 2 N–H and O–H groups in total. The molecule has 6 heteroatoms. The number of aliphatic carboxylic acids is 1. The number of carboxylic acids is 1. The topological polar surface area (TPSA) is 92.7 Å². The minimum Gasteiger partial charge on any atom is -0.480 e. The van der Waals surface area contributed by atoms with Crippen molar-refractivity contribution >= 4 is 17.8 Å². The molecule has 1 amide bonds. The summed E-state index contributed by atoms with van der Waals surface area (Å²) in [5, 5.41) is 12.0. The lowest BCUT2D eigenvalue weighted by atomic mass is 10.0. The van der Waals surface area contributed by atoms with Crippen LogP contribution in [-0.2, 0) is 19.1 Å². The third-order valence-corrected chi connectivity index (χ3v) is 7.22. The zero-order valence-corrected chi connectivity index (χ0v) is 25.2. The molecular weight excluding hydrogens is 478 g/mol. The van der Waals surface area contributed by atoms with E-state index in [0.717, 1.165) is 44.4 Å². The number of carbonyl (C=O) groups is 3. The summed E-state index contributed by atoms with van der Waals surface area (Å²) in [4.78, 5) is 35.7. The Bertz CT molecular complexity index is 578. The first-order valence-electron chi connectivity index (χ1n) is 16.0. The summed E-state index contributed by atoms with van der Waals surface area (Å²) in [6.07, 6.45) is 24.5. The second-order valence-electron chi connectivity index (χ2n) is 11.5. The van der Waals surface area contributed by atoms with Crippen LogP contribution in [0.5, 0.6) is 0 Å². The van der Waals surface area contributed by atoms with Gasteiger partial charge in [-0.2, -0.15) is 0 Å². The molecule has 0 saturated heterocycles. The fraction of sp³-hybridized carbons (Fsp3) is 0.906. The first-order chi connectivity index (χ1) is 18.4. The van der Waals surface area contributed by atoms with Crippen LogP contribution in [0.1, 0.15) is 168 Å². The van der Waals surface area contributed by atoms with Crippen LogP contribution in [0.3, 0.4) is 0 Å². The lowest BCUT2D eigenvalue weighted by Crippen LogP contribution is -2.41. The van der Waals surface area contributed by atoms with E-state index in [-0.39, 0.29) is 24.7 Å². The Morgan fingerprint density at radius 2 is 1.11 bits per heavy atom. The van der Waals surface area contributed by atoms with Crippen LogP contribution in [-0.4, -0.2) is 35.6 Å². The van der Waals surface area contributed by atoms with E-state index in [0.29, 0.717) is 13.0 Å². The molecule has 224 valence electrons. The van der Waals surface area contributed by atoms with Gasteiger partial charge in [-0.05, 0) is 25.2 Å². The van der Waals surface area contributed by atoms with E-state index in [1.165, 1.54) is 89.9 Å². The Morgan fingerprint density at radius 3 is 1.61 bits per heavy atom. The van der Waals surface area contributed by atoms with Crippen molar-refractivity contribution in [2.45, 2.75) is 174 Å². The molecule has 38 heavy (non-hydrogen) atoms. The number of esters is 1. The molecule has 6 nitrogen and oxygen atoms in total. The van der Waals surface area contributed by atoms with E-state index >= 15 is 0 Å². The van der Waals surface area contributed by atoms with Crippen LogP contribution >= 0.6 is 0 Å². The summed E-state index contributed by atoms with van der Waals surface area (Å²) < 4.78 is 5.26. The van der Waals surface area contributed by atoms with E-state index in [4.69, 9.17) is 4.74 Å². The van der Waals surface area contributed by atoms with Gasteiger partial charge in [0.05, 0.1) is 6.61 Å². The van der Waals surface area contributed by atoms with Crippen molar-refractivity contribution < 1.29 is 24.2 Å². The van der Waals surface area contributed by atoms with Gasteiger partial charge in [-0.25, -0.2) is 4.79 Å². The molecule has 0 aromatic rings. The fourth-order valence-electron chi connectivity index (χ4n) is 4.71. The zero-order chi connectivity index (χ0) is 28.3. The third kappa shape index (κ3) is 26.0. The molecule has 0 radical (unpaired) electrons. The van der Waals surface area contributed by atoms with Gasteiger partial charge in [0.2, 0.25) is 5.91 Å². The first-order valence-corrected chi connectivity index (χ1v) is 16.0. The van der Waals surface area contributed by atoms with Gasteiger partial charge < -0.3 is 15.2 Å². The minimum absolute atomic E-state index is 0.00602. The van der Waals surface area contributed by atoms with E-state index < -0.39 is 12.0 Å². The van der Waals surface area contributed by atoms with Gasteiger partial charge in [-0.15, -0.1) is 0 Å². The Hall–Kier alpha value is -1.59. The smallest absolute Gasteiger partial charge is 0.326 e. The van der Waals surface area contributed by atoms with Gasteiger partial charge in [0.15, 0.2) is 0 Å². The average molecular weight is 540 g/mol. The van der Waals surface area contributed by atoms with Crippen LogP contribution < -0.4 is 5.32 Å². The van der Waals surface area contributed by atoms with Crippen molar-refractivity contribution in [3.05, 3.63) is 0 Å². The Balaban J connectivity index is 3.71. The van der Waals surface area contributed by atoms with Gasteiger partial charge in [-0.1, -0.05) is 136 Å². The summed E-state index contributed by atoms with van der Waals surface area (Å²) in [5.74, 6) is -0.938. The van der Waals surface area contributed by atoms with Gasteiger partial charge in [0, 0.05) is 12.8 Å². The number of ether oxygens (including phenoxy) is 1. The molecular formula is C32H61NO5. The first kappa shape index (κ1) is 36.4. The molecule has 0 rings (SSSR count). The van der Waals surface area contributed by atoms with Gasteiger partial charge in [0.1, 0.15) is 6.04 Å². The summed E-state index contributed by atoms with van der Waals surface area (Å²) in [7, 11) is 0. The molecule has 0 aromatic carbocycles. The summed E-state index contributed by atoms with van der Waals surface area (Å²) in [5.41, 5.74) is 0. The van der Waals surface area contributed by atoms with Crippen LogP contribution in [0.15, 0.2) is 0 Å². The predicted octanol–water partition coefficient (Wildman–Crippen LogP) is 8.75. The number of carbonyl (C=O) groups excluding carboxylic acids is 2. The molecule has 1 atom stereocenters. The van der Waals surface area contributed by atoms with Crippen molar-refractivity contribution in [2.75, 3.05) is 6.61 Å². The maximum atomic E-state index is 12.2. The SMILES string of the molecule is CCCCCCCCCCCCCC(=O)N[C@@H](CCC(=O)OCCCCCCCCCCC(C)C)C(=O)O. The minimum atomic E-state index is -1.10. The number of nitrogens with one attached hydrogen (secondary N) is 1. The van der Waals surface area contributed by atoms with Crippen molar-refractivity contribution in [1.29, 1.82) is 0 Å². The Morgan fingerprint density at radius 1 is 0.632 bits per heavy atom. The quantitative estimate of drug-likeness (QED) is 0.0766. The van der Waals surface area contributed by atoms with E-state index in [9.17, 15) is 19.5 Å². The maximum absolute atomic E-state index is 12.2. The van der Waals surface area contributed by atoms with E-state index in [2.05, 4.69) is 26.1 Å². The molecule has 0 aliphatic heterocycles. The second-order valence-corrected chi connectivity index (χ2v) is 11.5. The third-order valence-electron chi connectivity index (χ3n) is 7.22. The molecule has 0 bridgehead atoms. The predicted molar refractivity (Wildman–Crippen MR) is 157 cm³/mol. The maximum Gasteiger partial charge on any atom is 0.326 e. The molecule has 0 aromatic heterocycles. The van der Waals surface area contributed by atoms with Gasteiger partial charge in [-0.3, -0.25) is 9.59 Å². The number of carboxylic acid groups (broad SMARTS) is 1. The number of hydrogen-bond acceptors (Lipinski definition) is 4. The van der Waals surface area contributed by atoms with E-state index in [1.54, 1.807) is 0 Å². The Labute approximate surface area is 234 Å². The van der Waals surface area contributed by atoms with Crippen LogP contribution in [0.25, 0.3) is 0 Å². The zero-order valence-electron chi connectivity index (χ0n) is 25.2. The van der Waals surface area contributed by atoms with Crippen molar-refractivity contribution in [3.63, 3.8) is 0 Å². The molecule has 0 aliphatic rings. The van der Waals surface area contributed by atoms with Gasteiger partial charge in [0.25, 0.3) is 0 Å². The highest BCUT2D eigenvalue weighted by molar-refractivity contribution is 5.84. The number of unbranched alkanes of at least 4 members (excludes halogenated alkanes) is 17. The van der Waals surface area contributed by atoms with Crippen molar-refractivity contribution in [1.82, 2.24) is 5.32 Å². The van der Waals surface area contributed by atoms with Crippen molar-refractivity contribution in [2.24, 2.45) is 5.92 Å². The van der Waals surface area contributed by atoms with Crippen LogP contribution in [0, 0.1) is 5.92 Å². The highest BCUT2D eigenvalue weighted by Crippen LogP contribution is 2.14. The highest BCUT2D eigenvalue weighted by Gasteiger charge is 2.21. The largest absolute Gasteiger partial charge is 0.480 e. The summed E-state index contributed by atoms with van der Waals surface area (Å²) >= 11 is 0. The second kappa shape index (κ2) is 27.0.